The number of aryl methyl sites for hydroxylation is 1. The zero-order valence-corrected chi connectivity index (χ0v) is 11.7. The lowest BCUT2D eigenvalue weighted by atomic mass is 10.1. The van der Waals surface area contributed by atoms with Crippen LogP contribution in [0.1, 0.15) is 23.6 Å². The van der Waals surface area contributed by atoms with Gasteiger partial charge in [0, 0.05) is 0 Å². The molecule has 0 spiro atoms. The van der Waals surface area contributed by atoms with Gasteiger partial charge in [-0.2, -0.15) is 0 Å². The highest BCUT2D eigenvalue weighted by Crippen LogP contribution is 2.18. The molecule has 2 rings (SSSR count). The van der Waals surface area contributed by atoms with E-state index < -0.39 is 0 Å². The molecule has 2 aromatic rings. The van der Waals surface area contributed by atoms with Crippen molar-refractivity contribution in [1.82, 2.24) is 0 Å². The van der Waals surface area contributed by atoms with Crippen LogP contribution in [0.4, 0.5) is 4.39 Å². The lowest BCUT2D eigenvalue weighted by Gasteiger charge is -1.99. The highest BCUT2D eigenvalue weighted by Gasteiger charge is 1.97. The quantitative estimate of drug-likeness (QED) is 0.673. The Morgan fingerprint density at radius 3 is 2.22 bits per heavy atom. The van der Waals surface area contributed by atoms with Crippen LogP contribution in [-0.2, 0) is 6.42 Å². The van der Waals surface area contributed by atoms with Crippen LogP contribution in [-0.4, -0.2) is 0 Å². The summed E-state index contributed by atoms with van der Waals surface area (Å²) in [5.74, 6) is -0.238. The topological polar surface area (TPSA) is 0 Å². The van der Waals surface area contributed by atoms with Gasteiger partial charge in [0.05, 0.1) is 4.47 Å². The van der Waals surface area contributed by atoms with E-state index in [0.717, 1.165) is 17.5 Å². The first-order valence-corrected chi connectivity index (χ1v) is 6.70. The molecule has 92 valence electrons. The zero-order valence-electron chi connectivity index (χ0n) is 10.2. The summed E-state index contributed by atoms with van der Waals surface area (Å²) in [6.07, 6.45) is 4.94. The monoisotopic (exact) mass is 304 g/mol. The summed E-state index contributed by atoms with van der Waals surface area (Å²) in [7, 11) is 0. The predicted octanol–water partition coefficient (Wildman–Crippen LogP) is 5.32. The van der Waals surface area contributed by atoms with Gasteiger partial charge in [-0.05, 0) is 51.2 Å². The normalized spacial score (nSPS) is 11.1. The maximum Gasteiger partial charge on any atom is 0.137 e. The maximum absolute atomic E-state index is 13.3. The van der Waals surface area contributed by atoms with Crippen molar-refractivity contribution in [2.45, 2.75) is 13.3 Å². The maximum atomic E-state index is 13.3. The summed E-state index contributed by atoms with van der Waals surface area (Å²) in [5, 5.41) is 0. The molecule has 0 heterocycles. The van der Waals surface area contributed by atoms with Crippen LogP contribution >= 0.6 is 15.9 Å². The summed E-state index contributed by atoms with van der Waals surface area (Å²) in [6, 6.07) is 13.5. The van der Waals surface area contributed by atoms with Gasteiger partial charge >= 0.3 is 0 Å². The van der Waals surface area contributed by atoms with Crippen LogP contribution < -0.4 is 0 Å². The average Bonchev–Trinajstić information content (AvgIpc) is 2.41. The summed E-state index contributed by atoms with van der Waals surface area (Å²) < 4.78 is 13.8. The third-order valence-corrected chi connectivity index (χ3v) is 3.44. The van der Waals surface area contributed by atoms with Gasteiger partial charge in [-0.15, -0.1) is 0 Å². The van der Waals surface area contributed by atoms with Crippen LogP contribution in [0.3, 0.4) is 0 Å². The van der Waals surface area contributed by atoms with E-state index >= 15 is 0 Å². The Bertz CT molecular complexity index is 556. The highest BCUT2D eigenvalue weighted by atomic mass is 79.9. The van der Waals surface area contributed by atoms with Crippen LogP contribution in [0.5, 0.6) is 0 Å². The van der Waals surface area contributed by atoms with E-state index in [1.807, 2.05) is 18.2 Å². The fraction of sp³-hybridized carbons (Fsp3) is 0.125. The van der Waals surface area contributed by atoms with Crippen molar-refractivity contribution in [3.63, 3.8) is 0 Å². The lowest BCUT2D eigenvalue weighted by Crippen LogP contribution is -1.80. The molecule has 2 heteroatoms. The third kappa shape index (κ3) is 3.30. The summed E-state index contributed by atoms with van der Waals surface area (Å²) >= 11 is 3.14. The van der Waals surface area contributed by atoms with Crippen LogP contribution in [0.2, 0.25) is 0 Å². The van der Waals surface area contributed by atoms with E-state index in [2.05, 4.69) is 47.1 Å². The average molecular weight is 305 g/mol. The molecule has 0 nitrogen and oxygen atoms in total. The fourth-order valence-electron chi connectivity index (χ4n) is 1.67. The van der Waals surface area contributed by atoms with Crippen LogP contribution in [0.25, 0.3) is 12.2 Å². The van der Waals surface area contributed by atoms with Crippen LogP contribution in [0.15, 0.2) is 46.9 Å². The largest absolute Gasteiger partial charge is 0.206 e. The zero-order chi connectivity index (χ0) is 13.0. The first-order chi connectivity index (χ1) is 8.69. The SMILES string of the molecule is CCc1ccc(/C=C/c2ccc(Br)c(F)c2)cc1. The van der Waals surface area contributed by atoms with Crippen molar-refractivity contribution in [3.05, 3.63) is 69.4 Å². The molecule has 0 fully saturated rings. The standard InChI is InChI=1S/C16H14BrF/c1-2-12-3-5-13(6-4-12)7-8-14-9-10-15(17)16(18)11-14/h3-11H,2H2,1H3/b8-7+. The molecule has 0 aromatic heterocycles. The minimum Gasteiger partial charge on any atom is -0.206 e. The molecule has 0 atom stereocenters. The van der Waals surface area contributed by atoms with E-state index in [1.54, 1.807) is 6.07 Å². The Labute approximate surface area is 115 Å². The Hall–Kier alpha value is -1.41. The molecule has 0 aliphatic carbocycles. The van der Waals surface area contributed by atoms with Gasteiger partial charge in [0.15, 0.2) is 0 Å². The van der Waals surface area contributed by atoms with Crippen molar-refractivity contribution in [3.8, 4) is 0 Å². The van der Waals surface area contributed by atoms with E-state index in [1.165, 1.54) is 11.6 Å². The Balaban J connectivity index is 2.16. The molecule has 2 aromatic carbocycles. The molecular weight excluding hydrogens is 291 g/mol. The second-order valence-corrected chi connectivity index (χ2v) is 4.96. The van der Waals surface area contributed by atoms with Crippen molar-refractivity contribution < 1.29 is 4.39 Å². The van der Waals surface area contributed by atoms with Crippen molar-refractivity contribution in [2.24, 2.45) is 0 Å². The van der Waals surface area contributed by atoms with Crippen LogP contribution in [0, 0.1) is 5.82 Å². The molecule has 0 bridgehead atoms. The minimum atomic E-state index is -0.238. The van der Waals surface area contributed by atoms with E-state index in [0.29, 0.717) is 4.47 Å². The first kappa shape index (κ1) is 13.0. The van der Waals surface area contributed by atoms with Gasteiger partial charge in [0.25, 0.3) is 0 Å². The molecule has 0 N–H and O–H groups in total. The Morgan fingerprint density at radius 1 is 1.00 bits per heavy atom. The predicted molar refractivity (Wildman–Crippen MR) is 78.8 cm³/mol. The minimum absolute atomic E-state index is 0.238. The molecule has 0 saturated heterocycles. The molecule has 0 unspecified atom stereocenters. The second-order valence-electron chi connectivity index (χ2n) is 4.10. The lowest BCUT2D eigenvalue weighted by molar-refractivity contribution is 0.621. The molecule has 0 radical (unpaired) electrons. The van der Waals surface area contributed by atoms with Crippen molar-refractivity contribution in [1.29, 1.82) is 0 Å². The van der Waals surface area contributed by atoms with Gasteiger partial charge in [0.1, 0.15) is 5.82 Å². The second kappa shape index (κ2) is 5.96. The van der Waals surface area contributed by atoms with Gasteiger partial charge in [-0.1, -0.05) is 49.4 Å². The van der Waals surface area contributed by atoms with E-state index in [4.69, 9.17) is 0 Å². The summed E-state index contributed by atoms with van der Waals surface area (Å²) in [4.78, 5) is 0. The van der Waals surface area contributed by atoms with E-state index in [-0.39, 0.29) is 5.82 Å². The number of hydrogen-bond acceptors (Lipinski definition) is 0. The molecule has 0 amide bonds. The highest BCUT2D eigenvalue weighted by molar-refractivity contribution is 9.10. The van der Waals surface area contributed by atoms with Gasteiger partial charge in [-0.25, -0.2) is 4.39 Å². The molecule has 0 aliphatic heterocycles. The van der Waals surface area contributed by atoms with Crippen molar-refractivity contribution in [2.75, 3.05) is 0 Å². The Morgan fingerprint density at radius 2 is 1.61 bits per heavy atom. The molecular formula is C16H14BrF. The Kier molecular flexibility index (Phi) is 4.32. The number of hydrogen-bond donors (Lipinski definition) is 0. The number of rotatable bonds is 3. The fourth-order valence-corrected chi connectivity index (χ4v) is 1.92. The van der Waals surface area contributed by atoms with Gasteiger partial charge in [-0.3, -0.25) is 0 Å². The first-order valence-electron chi connectivity index (χ1n) is 5.91. The van der Waals surface area contributed by atoms with Crippen molar-refractivity contribution >= 4 is 28.1 Å². The van der Waals surface area contributed by atoms with E-state index in [9.17, 15) is 4.39 Å². The smallest absolute Gasteiger partial charge is 0.137 e. The summed E-state index contributed by atoms with van der Waals surface area (Å²) in [5.41, 5.74) is 3.30. The molecule has 0 saturated carbocycles. The molecule has 0 aliphatic rings. The number of benzene rings is 2. The summed E-state index contributed by atoms with van der Waals surface area (Å²) in [6.45, 7) is 2.13. The van der Waals surface area contributed by atoms with Gasteiger partial charge in [0.2, 0.25) is 0 Å². The third-order valence-electron chi connectivity index (χ3n) is 2.80. The van der Waals surface area contributed by atoms with Gasteiger partial charge < -0.3 is 0 Å². The molecule has 18 heavy (non-hydrogen) atoms. The number of halogens is 2.